The van der Waals surface area contributed by atoms with Crippen LogP contribution in [-0.2, 0) is 0 Å². The molecule has 9 heteroatoms. The highest BCUT2D eigenvalue weighted by molar-refractivity contribution is 9.10. The molecule has 3 aromatic heterocycles. The third-order valence-electron chi connectivity index (χ3n) is 4.34. The van der Waals surface area contributed by atoms with Crippen LogP contribution in [0.25, 0.3) is 16.9 Å². The van der Waals surface area contributed by atoms with Crippen molar-refractivity contribution in [1.82, 2.24) is 19.9 Å². The summed E-state index contributed by atoms with van der Waals surface area (Å²) in [5, 5.41) is 20.7. The Bertz CT molecular complexity index is 1140. The van der Waals surface area contributed by atoms with Crippen LogP contribution < -0.4 is 10.6 Å². The molecule has 0 saturated heterocycles. The number of hydrogen-bond acceptors (Lipinski definition) is 6. The number of carbonyl (C=O) groups is 1. The molecule has 1 amide bonds. The van der Waals surface area contributed by atoms with Gasteiger partial charge in [-0.2, -0.15) is 9.61 Å². The molecule has 1 aromatic carbocycles. The quantitative estimate of drug-likeness (QED) is 0.367. The van der Waals surface area contributed by atoms with Gasteiger partial charge in [0.25, 0.3) is 5.91 Å². The number of rotatable bonds is 7. The lowest BCUT2D eigenvalue weighted by Gasteiger charge is -2.12. The van der Waals surface area contributed by atoms with Crippen molar-refractivity contribution in [3.8, 4) is 17.0 Å². The molecular formula is C20H18BrN5O3. The van der Waals surface area contributed by atoms with Crippen LogP contribution in [0.2, 0.25) is 0 Å². The van der Waals surface area contributed by atoms with Crippen LogP contribution in [0.15, 0.2) is 64.0 Å². The third kappa shape index (κ3) is 4.09. The second-order valence-corrected chi connectivity index (χ2v) is 7.17. The van der Waals surface area contributed by atoms with Gasteiger partial charge in [-0.05, 0) is 40.5 Å². The number of hydrogen-bond donors (Lipinski definition) is 3. The van der Waals surface area contributed by atoms with E-state index in [1.807, 2.05) is 18.2 Å². The number of benzene rings is 1. The molecule has 8 nitrogen and oxygen atoms in total. The zero-order valence-corrected chi connectivity index (χ0v) is 16.9. The minimum absolute atomic E-state index is 0.160. The maximum Gasteiger partial charge on any atom is 0.254 e. The number of halogens is 1. The van der Waals surface area contributed by atoms with Crippen molar-refractivity contribution >= 4 is 33.3 Å². The van der Waals surface area contributed by atoms with Gasteiger partial charge in [0.1, 0.15) is 17.8 Å². The normalized spacial score (nSPS) is 10.9. The molecule has 148 valence electrons. The standard InChI is InChI=1S/C20H18BrN5O3/c21-15-11-24-26-18(22-7-3-8-23-20(28)13-6-9-29-12-13)10-16(25-19(15)26)14-4-1-2-5-17(14)27/h1-2,4-6,9-12,22,27H,3,7-8H2,(H,23,28). The van der Waals surface area contributed by atoms with Crippen LogP contribution in [0, 0.1) is 0 Å². The topological polar surface area (TPSA) is 105 Å². The number of aromatic nitrogens is 3. The summed E-state index contributed by atoms with van der Waals surface area (Å²) in [4.78, 5) is 16.5. The summed E-state index contributed by atoms with van der Waals surface area (Å²) in [6.45, 7) is 1.13. The fraction of sp³-hybridized carbons (Fsp3) is 0.150. The SMILES string of the molecule is O=C(NCCCNc1cc(-c2ccccc2O)nc2c(Br)cnn12)c1ccoc1. The Morgan fingerprint density at radius 3 is 2.90 bits per heavy atom. The number of aromatic hydroxyl groups is 1. The van der Waals surface area contributed by atoms with Gasteiger partial charge in [0.15, 0.2) is 5.65 Å². The summed E-state index contributed by atoms with van der Waals surface area (Å²) in [5.41, 5.74) is 2.41. The van der Waals surface area contributed by atoms with Crippen molar-refractivity contribution in [1.29, 1.82) is 0 Å². The number of phenols is 1. The maximum atomic E-state index is 11.9. The van der Waals surface area contributed by atoms with E-state index in [2.05, 4.69) is 36.6 Å². The predicted octanol–water partition coefficient (Wildman–Crippen LogP) is 3.69. The number of para-hydroxylation sites is 1. The molecule has 0 radical (unpaired) electrons. The molecule has 0 fully saturated rings. The van der Waals surface area contributed by atoms with E-state index in [4.69, 9.17) is 4.42 Å². The van der Waals surface area contributed by atoms with Crippen LogP contribution in [0.1, 0.15) is 16.8 Å². The van der Waals surface area contributed by atoms with E-state index in [-0.39, 0.29) is 11.7 Å². The molecule has 3 heterocycles. The lowest BCUT2D eigenvalue weighted by molar-refractivity contribution is 0.0953. The maximum absolute atomic E-state index is 11.9. The second-order valence-electron chi connectivity index (χ2n) is 6.32. The molecule has 0 atom stereocenters. The summed E-state index contributed by atoms with van der Waals surface area (Å²) in [7, 11) is 0. The molecule has 0 aliphatic rings. The summed E-state index contributed by atoms with van der Waals surface area (Å²) in [6.07, 6.45) is 5.27. The van der Waals surface area contributed by atoms with E-state index >= 15 is 0 Å². The first kappa shape index (κ1) is 19.0. The van der Waals surface area contributed by atoms with Crippen LogP contribution >= 0.6 is 15.9 Å². The minimum atomic E-state index is -0.164. The number of fused-ring (bicyclic) bond motifs is 1. The molecule has 0 aliphatic heterocycles. The van der Waals surface area contributed by atoms with Crippen molar-refractivity contribution in [2.24, 2.45) is 0 Å². The zero-order chi connectivity index (χ0) is 20.2. The number of carbonyl (C=O) groups excluding carboxylic acids is 1. The van der Waals surface area contributed by atoms with Gasteiger partial charge in [0, 0.05) is 24.7 Å². The zero-order valence-electron chi connectivity index (χ0n) is 15.3. The van der Waals surface area contributed by atoms with Crippen molar-refractivity contribution in [2.45, 2.75) is 6.42 Å². The first-order valence-corrected chi connectivity index (χ1v) is 9.79. The molecule has 0 unspecified atom stereocenters. The summed E-state index contributed by atoms with van der Waals surface area (Å²) in [5.74, 6) is 0.732. The van der Waals surface area contributed by atoms with E-state index in [1.54, 1.807) is 28.9 Å². The summed E-state index contributed by atoms with van der Waals surface area (Å²) < 4.78 is 7.36. The number of furan rings is 1. The summed E-state index contributed by atoms with van der Waals surface area (Å²) >= 11 is 3.46. The van der Waals surface area contributed by atoms with Crippen molar-refractivity contribution in [3.63, 3.8) is 0 Å². The van der Waals surface area contributed by atoms with Crippen molar-refractivity contribution < 1.29 is 14.3 Å². The lowest BCUT2D eigenvalue weighted by atomic mass is 10.1. The number of nitrogens with zero attached hydrogens (tertiary/aromatic N) is 3. The lowest BCUT2D eigenvalue weighted by Crippen LogP contribution is -2.25. The molecule has 3 N–H and O–H groups in total. The Morgan fingerprint density at radius 2 is 2.10 bits per heavy atom. The van der Waals surface area contributed by atoms with Gasteiger partial charge in [-0.15, -0.1) is 0 Å². The first-order valence-electron chi connectivity index (χ1n) is 9.00. The Labute approximate surface area is 174 Å². The Balaban J connectivity index is 1.47. The molecule has 0 saturated carbocycles. The Hall–Kier alpha value is -3.33. The van der Waals surface area contributed by atoms with Gasteiger partial charge in [0.05, 0.1) is 28.2 Å². The van der Waals surface area contributed by atoms with Crippen molar-refractivity contribution in [2.75, 3.05) is 18.4 Å². The van der Waals surface area contributed by atoms with Crippen LogP contribution in [-0.4, -0.2) is 38.7 Å². The fourth-order valence-electron chi connectivity index (χ4n) is 2.89. The Morgan fingerprint density at radius 1 is 1.24 bits per heavy atom. The van der Waals surface area contributed by atoms with Gasteiger partial charge < -0.3 is 20.2 Å². The van der Waals surface area contributed by atoms with Gasteiger partial charge in [0.2, 0.25) is 0 Å². The minimum Gasteiger partial charge on any atom is -0.507 e. The highest BCUT2D eigenvalue weighted by Gasteiger charge is 2.13. The second kappa shape index (κ2) is 8.36. The molecule has 0 bridgehead atoms. The highest BCUT2D eigenvalue weighted by Crippen LogP contribution is 2.30. The molecule has 0 aliphatic carbocycles. The van der Waals surface area contributed by atoms with E-state index < -0.39 is 0 Å². The summed E-state index contributed by atoms with van der Waals surface area (Å²) in [6, 6.07) is 10.5. The molecule has 4 rings (SSSR count). The first-order chi connectivity index (χ1) is 14.1. The van der Waals surface area contributed by atoms with Gasteiger partial charge in [-0.1, -0.05) is 12.1 Å². The van der Waals surface area contributed by atoms with Gasteiger partial charge in [-0.25, -0.2) is 4.98 Å². The average Bonchev–Trinajstić information content (AvgIpc) is 3.38. The van der Waals surface area contributed by atoms with Crippen molar-refractivity contribution in [3.05, 3.63) is 65.2 Å². The highest BCUT2D eigenvalue weighted by atomic mass is 79.9. The number of nitrogens with one attached hydrogen (secondary N) is 2. The van der Waals surface area contributed by atoms with E-state index in [0.29, 0.717) is 42.0 Å². The van der Waals surface area contributed by atoms with Crippen LogP contribution in [0.4, 0.5) is 5.82 Å². The third-order valence-corrected chi connectivity index (χ3v) is 4.90. The molecule has 29 heavy (non-hydrogen) atoms. The van der Waals surface area contributed by atoms with E-state index in [9.17, 15) is 9.90 Å². The largest absolute Gasteiger partial charge is 0.507 e. The van der Waals surface area contributed by atoms with Crippen LogP contribution in [0.3, 0.4) is 0 Å². The number of phenolic OH excluding ortho intramolecular Hbond substituents is 1. The average molecular weight is 456 g/mol. The molecule has 4 aromatic rings. The predicted molar refractivity (Wildman–Crippen MR) is 112 cm³/mol. The van der Waals surface area contributed by atoms with Gasteiger partial charge >= 0.3 is 0 Å². The monoisotopic (exact) mass is 455 g/mol. The van der Waals surface area contributed by atoms with Crippen LogP contribution in [0.5, 0.6) is 5.75 Å². The fourth-order valence-corrected chi connectivity index (χ4v) is 3.24. The smallest absolute Gasteiger partial charge is 0.254 e. The van der Waals surface area contributed by atoms with E-state index in [0.717, 1.165) is 10.3 Å². The van der Waals surface area contributed by atoms with E-state index in [1.165, 1.54) is 12.5 Å². The molecular weight excluding hydrogens is 438 g/mol. The Kier molecular flexibility index (Phi) is 5.48. The van der Waals surface area contributed by atoms with Gasteiger partial charge in [-0.3, -0.25) is 4.79 Å². The number of amides is 1. The number of anilines is 1. The molecule has 0 spiro atoms.